The summed E-state index contributed by atoms with van der Waals surface area (Å²) in [4.78, 5) is 0. The van der Waals surface area contributed by atoms with Crippen LogP contribution in [0.15, 0.2) is 53.0 Å². The Hall–Kier alpha value is -1.28. The van der Waals surface area contributed by atoms with Crippen molar-refractivity contribution in [1.29, 1.82) is 0 Å². The second-order valence-corrected chi connectivity index (χ2v) is 6.35. The number of nitrogens with one attached hydrogen (secondary N) is 1. The maximum absolute atomic E-state index is 3.62. The summed E-state index contributed by atoms with van der Waals surface area (Å²) in [5, 5.41) is 3.62. The molecule has 1 N–H and O–H groups in total. The third kappa shape index (κ3) is 3.86. The fourth-order valence-electron chi connectivity index (χ4n) is 2.28. The van der Waals surface area contributed by atoms with Crippen molar-refractivity contribution in [3.63, 3.8) is 0 Å². The van der Waals surface area contributed by atoms with Crippen molar-refractivity contribution < 1.29 is 0 Å². The van der Waals surface area contributed by atoms with Crippen LogP contribution in [0.2, 0.25) is 0 Å². The zero-order valence-electron chi connectivity index (χ0n) is 12.4. The van der Waals surface area contributed by atoms with Gasteiger partial charge in [-0.25, -0.2) is 0 Å². The van der Waals surface area contributed by atoms with Crippen LogP contribution in [0.4, 0.5) is 5.69 Å². The van der Waals surface area contributed by atoms with E-state index in [2.05, 4.69) is 90.5 Å². The van der Waals surface area contributed by atoms with Gasteiger partial charge in [0, 0.05) is 10.2 Å². The van der Waals surface area contributed by atoms with E-state index >= 15 is 0 Å². The second kappa shape index (κ2) is 6.94. The summed E-state index contributed by atoms with van der Waals surface area (Å²) >= 11 is 3.48. The molecule has 20 heavy (non-hydrogen) atoms. The molecule has 2 aromatic carbocycles. The molecule has 0 aliphatic heterocycles. The van der Waals surface area contributed by atoms with Crippen molar-refractivity contribution in [2.45, 2.75) is 39.2 Å². The lowest BCUT2D eigenvalue weighted by Gasteiger charge is -2.19. The molecule has 2 aromatic rings. The maximum atomic E-state index is 3.62. The number of halogens is 1. The fraction of sp³-hybridized carbons (Fsp3) is 0.333. The van der Waals surface area contributed by atoms with Crippen LogP contribution < -0.4 is 5.32 Å². The van der Waals surface area contributed by atoms with Crippen molar-refractivity contribution in [3.05, 3.63) is 64.1 Å². The van der Waals surface area contributed by atoms with E-state index in [9.17, 15) is 0 Å². The molecule has 0 saturated carbocycles. The van der Waals surface area contributed by atoms with Gasteiger partial charge < -0.3 is 5.32 Å². The molecule has 1 atom stereocenters. The largest absolute Gasteiger partial charge is 0.378 e. The molecule has 0 aliphatic rings. The highest BCUT2D eigenvalue weighted by atomic mass is 79.9. The van der Waals surface area contributed by atoms with Gasteiger partial charge in [-0.15, -0.1) is 0 Å². The van der Waals surface area contributed by atoms with Crippen LogP contribution >= 0.6 is 15.9 Å². The van der Waals surface area contributed by atoms with Gasteiger partial charge in [0.25, 0.3) is 0 Å². The molecule has 106 valence electrons. The van der Waals surface area contributed by atoms with Gasteiger partial charge in [0.1, 0.15) is 0 Å². The molecule has 1 nitrogen and oxygen atoms in total. The van der Waals surface area contributed by atoms with E-state index in [0.717, 1.165) is 10.9 Å². The number of hydrogen-bond acceptors (Lipinski definition) is 1. The summed E-state index contributed by atoms with van der Waals surface area (Å²) in [5.41, 5.74) is 3.89. The molecule has 0 bridgehead atoms. The van der Waals surface area contributed by atoms with Gasteiger partial charge in [0.2, 0.25) is 0 Å². The predicted octanol–water partition coefficient (Wildman–Crippen LogP) is 6.14. The highest BCUT2D eigenvalue weighted by Gasteiger charge is 2.09. The Kier molecular flexibility index (Phi) is 5.24. The van der Waals surface area contributed by atoms with Crippen LogP contribution in [0.1, 0.15) is 50.3 Å². The molecular weight excluding hydrogens is 310 g/mol. The summed E-state index contributed by atoms with van der Waals surface area (Å²) in [6.45, 7) is 6.65. The molecule has 2 heteroatoms. The quantitative estimate of drug-likeness (QED) is 0.694. The van der Waals surface area contributed by atoms with Crippen molar-refractivity contribution in [2.75, 3.05) is 5.32 Å². The first-order valence-corrected chi connectivity index (χ1v) is 8.01. The Bertz CT molecular complexity index is 528. The molecule has 0 aliphatic carbocycles. The van der Waals surface area contributed by atoms with Gasteiger partial charge in [-0.05, 0) is 47.7 Å². The minimum atomic E-state index is 0.355. The maximum Gasteiger partial charge on any atom is 0.0511 e. The number of rotatable bonds is 5. The molecule has 1 unspecified atom stereocenters. The van der Waals surface area contributed by atoms with E-state index in [1.54, 1.807) is 0 Å². The van der Waals surface area contributed by atoms with E-state index in [0.29, 0.717) is 12.0 Å². The Morgan fingerprint density at radius 3 is 1.95 bits per heavy atom. The highest BCUT2D eigenvalue weighted by molar-refractivity contribution is 9.10. The van der Waals surface area contributed by atoms with E-state index in [1.165, 1.54) is 16.8 Å². The lowest BCUT2D eigenvalue weighted by atomic mass is 10.0. The van der Waals surface area contributed by atoms with Gasteiger partial charge in [-0.1, -0.05) is 61.0 Å². The topological polar surface area (TPSA) is 12.0 Å². The van der Waals surface area contributed by atoms with E-state index < -0.39 is 0 Å². The first kappa shape index (κ1) is 15.1. The molecule has 0 saturated heterocycles. The molecule has 0 fully saturated rings. The van der Waals surface area contributed by atoms with Crippen molar-refractivity contribution in [2.24, 2.45) is 0 Å². The number of anilines is 1. The first-order valence-electron chi connectivity index (χ1n) is 7.22. The summed E-state index contributed by atoms with van der Waals surface area (Å²) in [6.07, 6.45) is 1.06. The van der Waals surface area contributed by atoms with Crippen LogP contribution in [0.5, 0.6) is 0 Å². The molecule has 2 rings (SSSR count). The van der Waals surface area contributed by atoms with E-state index in [4.69, 9.17) is 0 Å². The lowest BCUT2D eigenvalue weighted by molar-refractivity contribution is 0.749. The zero-order chi connectivity index (χ0) is 14.5. The molecule has 0 aromatic heterocycles. The fourth-order valence-corrected chi connectivity index (χ4v) is 2.55. The Balaban J connectivity index is 2.11. The smallest absolute Gasteiger partial charge is 0.0511 e. The van der Waals surface area contributed by atoms with Crippen molar-refractivity contribution >= 4 is 21.6 Å². The monoisotopic (exact) mass is 331 g/mol. The van der Waals surface area contributed by atoms with Crippen molar-refractivity contribution in [1.82, 2.24) is 0 Å². The average molecular weight is 332 g/mol. The predicted molar refractivity (Wildman–Crippen MR) is 91.3 cm³/mol. The van der Waals surface area contributed by atoms with Crippen LogP contribution in [0.3, 0.4) is 0 Å². The summed E-state index contributed by atoms with van der Waals surface area (Å²) in [7, 11) is 0. The van der Waals surface area contributed by atoms with Gasteiger partial charge >= 0.3 is 0 Å². The van der Waals surface area contributed by atoms with Gasteiger partial charge in [-0.2, -0.15) is 0 Å². The summed E-state index contributed by atoms with van der Waals surface area (Å²) in [5.74, 6) is 0.581. The second-order valence-electron chi connectivity index (χ2n) is 5.43. The average Bonchev–Trinajstić information content (AvgIpc) is 2.46. The SMILES string of the molecule is CCC(Nc1ccc(C(C)C)cc1)c1ccc(Br)cc1. The Labute approximate surface area is 130 Å². The van der Waals surface area contributed by atoms with Crippen LogP contribution in [0, 0.1) is 0 Å². The van der Waals surface area contributed by atoms with Gasteiger partial charge in [0.15, 0.2) is 0 Å². The molecular formula is C18H22BrN. The van der Waals surface area contributed by atoms with Crippen LogP contribution in [-0.2, 0) is 0 Å². The van der Waals surface area contributed by atoms with E-state index in [1.807, 2.05) is 0 Å². The third-order valence-corrected chi connectivity index (χ3v) is 4.13. The minimum Gasteiger partial charge on any atom is -0.378 e. The molecule has 0 heterocycles. The standard InChI is InChI=1S/C18H22BrN/c1-4-18(15-5-9-16(19)10-6-15)20-17-11-7-14(8-12-17)13(2)3/h5-13,18,20H,4H2,1-3H3. The zero-order valence-corrected chi connectivity index (χ0v) is 13.9. The first-order chi connectivity index (χ1) is 9.60. The Morgan fingerprint density at radius 1 is 0.900 bits per heavy atom. The molecule has 0 radical (unpaired) electrons. The highest BCUT2D eigenvalue weighted by Crippen LogP contribution is 2.25. The van der Waals surface area contributed by atoms with E-state index in [-0.39, 0.29) is 0 Å². The summed E-state index contributed by atoms with van der Waals surface area (Å²) in [6, 6.07) is 17.7. The third-order valence-electron chi connectivity index (χ3n) is 3.60. The normalized spacial score (nSPS) is 12.4. The minimum absolute atomic E-state index is 0.355. The number of hydrogen-bond donors (Lipinski definition) is 1. The van der Waals surface area contributed by atoms with Crippen LogP contribution in [0.25, 0.3) is 0 Å². The Morgan fingerprint density at radius 2 is 1.45 bits per heavy atom. The van der Waals surface area contributed by atoms with Crippen LogP contribution in [-0.4, -0.2) is 0 Å². The molecule has 0 amide bonds. The van der Waals surface area contributed by atoms with Crippen molar-refractivity contribution in [3.8, 4) is 0 Å². The van der Waals surface area contributed by atoms with Gasteiger partial charge in [0.05, 0.1) is 6.04 Å². The number of benzene rings is 2. The van der Waals surface area contributed by atoms with Gasteiger partial charge in [-0.3, -0.25) is 0 Å². The summed E-state index contributed by atoms with van der Waals surface area (Å²) < 4.78 is 1.12. The molecule has 0 spiro atoms. The lowest BCUT2D eigenvalue weighted by Crippen LogP contribution is -2.09.